The van der Waals surface area contributed by atoms with Crippen molar-refractivity contribution in [1.82, 2.24) is 4.98 Å². The van der Waals surface area contributed by atoms with E-state index < -0.39 is 20.7 Å². The minimum Gasteiger partial charge on any atom is -0.497 e. The van der Waals surface area contributed by atoms with Crippen molar-refractivity contribution in [2.45, 2.75) is 95.7 Å². The van der Waals surface area contributed by atoms with Crippen molar-refractivity contribution in [3.8, 4) is 5.75 Å². The molecule has 0 radical (unpaired) electrons. The zero-order valence-electron chi connectivity index (χ0n) is 30.0. The molecule has 0 N–H and O–H groups in total. The minimum absolute atomic E-state index is 0.0446. The summed E-state index contributed by atoms with van der Waals surface area (Å²) in [4.78, 5) is 17.2. The predicted octanol–water partition coefficient (Wildman–Crippen LogP) is 7.19. The van der Waals surface area contributed by atoms with Crippen LogP contribution in [0.1, 0.15) is 76.3 Å². The van der Waals surface area contributed by atoms with Gasteiger partial charge in [0.15, 0.2) is 0 Å². The predicted molar refractivity (Wildman–Crippen MR) is 196 cm³/mol. The monoisotopic (exact) mass is 711 g/mol. The van der Waals surface area contributed by atoms with E-state index in [0.717, 1.165) is 29.7 Å². The van der Waals surface area contributed by atoms with Gasteiger partial charge in [-0.25, -0.2) is 4.98 Å². The first kappa shape index (κ1) is 36.7. The van der Waals surface area contributed by atoms with Gasteiger partial charge in [0.1, 0.15) is 24.3 Å². The Bertz CT molecular complexity index is 1680. The number of rotatable bonds is 14. The van der Waals surface area contributed by atoms with Gasteiger partial charge in [0.2, 0.25) is 12.2 Å². The Morgan fingerprint density at radius 1 is 0.843 bits per heavy atom. The zero-order valence-corrected chi connectivity index (χ0v) is 31.0. The summed E-state index contributed by atoms with van der Waals surface area (Å²) in [5.41, 5.74) is 2.52. The fraction of sp³-hybridized carbons (Fsp3) is 0.415. The molecule has 0 bridgehead atoms. The van der Waals surface area contributed by atoms with Crippen molar-refractivity contribution >= 4 is 24.7 Å². The number of carbonyl (C=O) groups is 1. The Balaban J connectivity index is 1.04. The molecule has 0 spiro atoms. The second kappa shape index (κ2) is 16.5. The summed E-state index contributed by atoms with van der Waals surface area (Å²) in [5, 5.41) is 2.41. The highest BCUT2D eigenvalue weighted by molar-refractivity contribution is 6.99. The van der Waals surface area contributed by atoms with Crippen molar-refractivity contribution < 1.29 is 37.3 Å². The van der Waals surface area contributed by atoms with Gasteiger partial charge in [-0.15, -0.1) is 0 Å². The first-order valence-corrected chi connectivity index (χ1v) is 19.6. The maximum Gasteiger partial charge on any atom is 0.311 e. The zero-order chi connectivity index (χ0) is 35.8. The van der Waals surface area contributed by atoms with Crippen molar-refractivity contribution in [3.05, 3.63) is 120 Å². The normalized spacial score (nSPS) is 21.3. The van der Waals surface area contributed by atoms with Gasteiger partial charge in [-0.05, 0) is 52.4 Å². The third-order valence-corrected chi connectivity index (χ3v) is 14.6. The average Bonchev–Trinajstić information content (AvgIpc) is 3.59. The van der Waals surface area contributed by atoms with Crippen LogP contribution in [0.2, 0.25) is 5.04 Å². The molecule has 4 atom stereocenters. The largest absolute Gasteiger partial charge is 0.497 e. The number of nitrogens with zero attached hydrogens (tertiary/aromatic N) is 1. The van der Waals surface area contributed by atoms with Crippen molar-refractivity contribution in [2.75, 3.05) is 13.7 Å². The van der Waals surface area contributed by atoms with E-state index in [9.17, 15) is 4.79 Å². The topological polar surface area (TPSA) is 98.5 Å². The van der Waals surface area contributed by atoms with Crippen LogP contribution in [0.15, 0.2) is 108 Å². The molecule has 0 aliphatic carbocycles. The molecular weight excluding hydrogens is 663 g/mol. The van der Waals surface area contributed by atoms with Crippen LogP contribution in [0.3, 0.4) is 0 Å². The SMILES string of the molecule is C=C1C[C@H](C[C@@H]2CC(=O)O[C@H](c3coc(COCc4ccc(OC)cc4)n3)O2)O[C@@H](CCO[Si](c2ccccc2)(c2ccccc2)C(C)(C)C)C1. The molecule has 2 saturated heterocycles. The Morgan fingerprint density at radius 2 is 1.49 bits per heavy atom. The number of hydrogen-bond acceptors (Lipinski definition) is 9. The molecule has 0 amide bonds. The highest BCUT2D eigenvalue weighted by Crippen LogP contribution is 2.38. The highest BCUT2D eigenvalue weighted by Gasteiger charge is 2.50. The fourth-order valence-corrected chi connectivity index (χ4v) is 11.7. The average molecular weight is 712 g/mol. The second-order valence-electron chi connectivity index (χ2n) is 14.4. The standard InChI is InChI=1S/C41H49NO8Si/c1-29-22-32(20-21-47-51(41(2,3)4,35-12-8-6-9-13-35)36-14-10-7-11-15-36)48-33(23-29)24-34-25-39(43)50-40(49-34)37-27-46-38(42-37)28-45-26-30-16-18-31(44-5)19-17-30/h6-19,27,32-34,40H,1,20-26,28H2,2-5H3/t32-,33+,34+,40+/m0/s1. The summed E-state index contributed by atoms with van der Waals surface area (Å²) in [6, 6.07) is 29.0. The van der Waals surface area contributed by atoms with Gasteiger partial charge < -0.3 is 32.5 Å². The van der Waals surface area contributed by atoms with E-state index in [1.165, 1.54) is 16.6 Å². The molecule has 2 aliphatic heterocycles. The van der Waals surface area contributed by atoms with E-state index in [2.05, 4.69) is 93.0 Å². The molecule has 3 aromatic carbocycles. The highest BCUT2D eigenvalue weighted by atomic mass is 28.4. The number of aromatic nitrogens is 1. The first-order valence-electron chi connectivity index (χ1n) is 17.7. The number of benzene rings is 3. The third kappa shape index (κ3) is 9.06. The summed E-state index contributed by atoms with van der Waals surface area (Å²) in [6.45, 7) is 12.3. The van der Waals surface area contributed by atoms with E-state index in [0.29, 0.717) is 37.6 Å². The van der Waals surface area contributed by atoms with E-state index >= 15 is 0 Å². The van der Waals surface area contributed by atoms with Crippen molar-refractivity contribution in [2.24, 2.45) is 0 Å². The van der Waals surface area contributed by atoms with Gasteiger partial charge in [-0.1, -0.05) is 106 Å². The molecule has 3 heterocycles. The molecule has 2 fully saturated rings. The quantitative estimate of drug-likeness (QED) is 0.0765. The van der Waals surface area contributed by atoms with Crippen LogP contribution < -0.4 is 15.1 Å². The third-order valence-electron chi connectivity index (χ3n) is 9.53. The minimum atomic E-state index is -2.65. The molecule has 0 unspecified atom stereocenters. The number of ether oxygens (including phenoxy) is 5. The van der Waals surface area contributed by atoms with Crippen LogP contribution in [0.25, 0.3) is 0 Å². The maximum atomic E-state index is 12.7. The van der Waals surface area contributed by atoms with Gasteiger partial charge >= 0.3 is 5.97 Å². The molecule has 51 heavy (non-hydrogen) atoms. The lowest BCUT2D eigenvalue weighted by molar-refractivity contribution is -0.224. The van der Waals surface area contributed by atoms with Crippen LogP contribution in [0.5, 0.6) is 5.75 Å². The summed E-state index contributed by atoms with van der Waals surface area (Å²) in [6.07, 6.45) is 2.81. The molecule has 2 aliphatic rings. The van der Waals surface area contributed by atoms with Crippen LogP contribution in [-0.4, -0.2) is 51.3 Å². The molecule has 1 aromatic heterocycles. The number of oxazole rings is 1. The van der Waals surface area contributed by atoms with Crippen molar-refractivity contribution in [1.29, 1.82) is 0 Å². The molecule has 6 rings (SSSR count). The molecule has 4 aromatic rings. The Hall–Kier alpha value is -4.06. The summed E-state index contributed by atoms with van der Waals surface area (Å²) in [7, 11) is -1.02. The number of hydrogen-bond donors (Lipinski definition) is 0. The van der Waals surface area contributed by atoms with Crippen molar-refractivity contribution in [3.63, 3.8) is 0 Å². The van der Waals surface area contributed by atoms with Gasteiger partial charge in [0, 0.05) is 13.0 Å². The van der Waals surface area contributed by atoms with E-state index in [1.807, 2.05) is 24.3 Å². The van der Waals surface area contributed by atoms with Gasteiger partial charge in [-0.3, -0.25) is 4.79 Å². The van der Waals surface area contributed by atoms with E-state index in [-0.39, 0.29) is 36.2 Å². The first-order chi connectivity index (χ1) is 24.6. The van der Waals surface area contributed by atoms with E-state index in [4.69, 9.17) is 32.5 Å². The second-order valence-corrected chi connectivity index (χ2v) is 18.7. The van der Waals surface area contributed by atoms with E-state index in [1.54, 1.807) is 7.11 Å². The van der Waals surface area contributed by atoms with Crippen LogP contribution in [0.4, 0.5) is 0 Å². The Kier molecular flexibility index (Phi) is 11.9. The number of esters is 1. The number of carbonyl (C=O) groups excluding carboxylic acids is 1. The van der Waals surface area contributed by atoms with Gasteiger partial charge in [0.25, 0.3) is 8.32 Å². The lowest BCUT2D eigenvalue weighted by Crippen LogP contribution is -2.66. The molecular formula is C41H49NO8Si. The molecule has 10 heteroatoms. The number of methoxy groups -OCH3 is 1. The Morgan fingerprint density at radius 3 is 2.14 bits per heavy atom. The number of cyclic esters (lactones) is 1. The maximum absolute atomic E-state index is 12.7. The van der Waals surface area contributed by atoms with Crippen LogP contribution in [-0.2, 0) is 41.4 Å². The smallest absolute Gasteiger partial charge is 0.311 e. The lowest BCUT2D eigenvalue weighted by Gasteiger charge is -2.43. The lowest BCUT2D eigenvalue weighted by atomic mass is 9.94. The Labute approximate surface area is 302 Å². The van der Waals surface area contributed by atoms with Gasteiger partial charge in [0.05, 0.1) is 38.4 Å². The van der Waals surface area contributed by atoms with Gasteiger partial charge in [-0.2, -0.15) is 0 Å². The molecule has 270 valence electrons. The summed E-state index contributed by atoms with van der Waals surface area (Å²) in [5.74, 6) is 0.810. The molecule has 0 saturated carbocycles. The summed E-state index contributed by atoms with van der Waals surface area (Å²) >= 11 is 0. The molecule has 9 nitrogen and oxygen atoms in total. The van der Waals surface area contributed by atoms with Crippen LogP contribution >= 0.6 is 0 Å². The van der Waals surface area contributed by atoms with Crippen LogP contribution in [0, 0.1) is 0 Å². The fourth-order valence-electron chi connectivity index (χ4n) is 7.15. The summed E-state index contributed by atoms with van der Waals surface area (Å²) < 4.78 is 42.1.